The highest BCUT2D eigenvalue weighted by atomic mass is 35.5. The molecule has 0 aromatic carbocycles. The fraction of sp³-hybridized carbons (Fsp3) is 1.00. The van der Waals surface area contributed by atoms with E-state index < -0.39 is 0 Å². The minimum absolute atomic E-state index is 0.395. The van der Waals surface area contributed by atoms with Gasteiger partial charge in [0.2, 0.25) is 0 Å². The predicted octanol–water partition coefficient (Wildman–Crippen LogP) is 1.71. The first-order chi connectivity index (χ1) is 4.20. The fourth-order valence-electron chi connectivity index (χ4n) is 1.23. The molecule has 0 aliphatic carbocycles. The zero-order chi connectivity index (χ0) is 6.85. The van der Waals surface area contributed by atoms with Crippen molar-refractivity contribution in [3.63, 3.8) is 0 Å². The summed E-state index contributed by atoms with van der Waals surface area (Å²) < 4.78 is 0. The number of hydrogen-bond acceptors (Lipinski definition) is 1. The van der Waals surface area contributed by atoms with Crippen LogP contribution in [0.4, 0.5) is 0 Å². The van der Waals surface area contributed by atoms with Crippen molar-refractivity contribution >= 4 is 11.6 Å². The molecule has 0 aromatic heterocycles. The first-order valence-electron chi connectivity index (χ1n) is 3.54. The molecule has 0 radical (unpaired) electrons. The van der Waals surface area contributed by atoms with E-state index in [0.29, 0.717) is 5.38 Å². The summed E-state index contributed by atoms with van der Waals surface area (Å²) in [6.07, 6.45) is 2.44. The Morgan fingerprint density at radius 2 is 2.11 bits per heavy atom. The smallest absolute Gasteiger partial charge is 0.0463 e. The summed E-state index contributed by atoms with van der Waals surface area (Å²) in [5.74, 6) is 0. The molecule has 1 nitrogen and oxygen atoms in total. The Morgan fingerprint density at radius 1 is 1.44 bits per heavy atom. The Bertz CT molecular complexity index is 94.9. The number of likely N-dealkylation sites (tertiary alicyclic amines) is 1. The third-order valence-electron chi connectivity index (χ3n) is 2.14. The summed E-state index contributed by atoms with van der Waals surface area (Å²) in [6.45, 7) is 3.31. The van der Waals surface area contributed by atoms with Gasteiger partial charge in [0.05, 0.1) is 0 Å². The monoisotopic (exact) mass is 147 g/mol. The average Bonchev–Trinajstić information content (AvgIpc) is 1.80. The van der Waals surface area contributed by atoms with Crippen molar-refractivity contribution in [3.05, 3.63) is 0 Å². The maximum Gasteiger partial charge on any atom is 0.0463 e. The topological polar surface area (TPSA) is 3.24 Å². The van der Waals surface area contributed by atoms with Crippen LogP contribution >= 0.6 is 11.6 Å². The van der Waals surface area contributed by atoms with E-state index in [9.17, 15) is 0 Å². The molecule has 9 heavy (non-hydrogen) atoms. The zero-order valence-corrected chi connectivity index (χ0v) is 6.86. The number of hydrogen-bond donors (Lipinski definition) is 0. The van der Waals surface area contributed by atoms with Gasteiger partial charge in [-0.3, -0.25) is 0 Å². The summed E-state index contributed by atoms with van der Waals surface area (Å²) in [6, 6.07) is 0.736. The molecular formula is C7H14ClN. The van der Waals surface area contributed by atoms with Crippen LogP contribution < -0.4 is 0 Å². The molecule has 0 amide bonds. The Kier molecular flexibility index (Phi) is 2.36. The van der Waals surface area contributed by atoms with Crippen LogP contribution in [0.3, 0.4) is 0 Å². The van der Waals surface area contributed by atoms with Gasteiger partial charge in [-0.1, -0.05) is 0 Å². The van der Waals surface area contributed by atoms with Crippen LogP contribution in [0, 0.1) is 0 Å². The Morgan fingerprint density at radius 3 is 2.56 bits per heavy atom. The normalized spacial score (nSPS) is 39.0. The molecule has 2 heteroatoms. The van der Waals surface area contributed by atoms with Crippen LogP contribution in [0.25, 0.3) is 0 Å². The van der Waals surface area contributed by atoms with Gasteiger partial charge in [0.25, 0.3) is 0 Å². The maximum atomic E-state index is 5.94. The van der Waals surface area contributed by atoms with Gasteiger partial charge in [-0.15, -0.1) is 11.6 Å². The van der Waals surface area contributed by atoms with Gasteiger partial charge >= 0.3 is 0 Å². The highest BCUT2D eigenvalue weighted by Gasteiger charge is 2.19. The van der Waals surface area contributed by atoms with Gasteiger partial charge in [0.1, 0.15) is 0 Å². The molecular weight excluding hydrogens is 134 g/mol. The van der Waals surface area contributed by atoms with Crippen LogP contribution in [-0.2, 0) is 0 Å². The number of nitrogens with zero attached hydrogens (tertiary/aromatic N) is 1. The molecule has 0 bridgehead atoms. The lowest BCUT2D eigenvalue weighted by molar-refractivity contribution is 0.203. The van der Waals surface area contributed by atoms with E-state index in [1.54, 1.807) is 0 Å². The predicted molar refractivity (Wildman–Crippen MR) is 41.0 cm³/mol. The van der Waals surface area contributed by atoms with Gasteiger partial charge < -0.3 is 4.90 Å². The molecule has 2 unspecified atom stereocenters. The lowest BCUT2D eigenvalue weighted by Crippen LogP contribution is -2.39. The quantitative estimate of drug-likeness (QED) is 0.472. The van der Waals surface area contributed by atoms with E-state index in [0.717, 1.165) is 12.6 Å². The molecule has 2 atom stereocenters. The summed E-state index contributed by atoms with van der Waals surface area (Å²) in [4.78, 5) is 2.32. The second-order valence-corrected chi connectivity index (χ2v) is 3.58. The standard InChI is InChI=1S/C7H14ClN/c1-6-3-4-7(8)5-9(6)2/h6-7H,3-5H2,1-2H3. The van der Waals surface area contributed by atoms with Crippen LogP contribution in [0.15, 0.2) is 0 Å². The first kappa shape index (κ1) is 7.36. The third kappa shape index (κ3) is 1.84. The van der Waals surface area contributed by atoms with Crippen molar-refractivity contribution in [1.29, 1.82) is 0 Å². The third-order valence-corrected chi connectivity index (χ3v) is 2.49. The molecule has 1 fully saturated rings. The maximum absolute atomic E-state index is 5.94. The van der Waals surface area contributed by atoms with Crippen LogP contribution in [0.5, 0.6) is 0 Å². The van der Waals surface area contributed by atoms with Gasteiger partial charge in [0, 0.05) is 18.0 Å². The first-order valence-corrected chi connectivity index (χ1v) is 3.98. The molecule has 1 aliphatic rings. The van der Waals surface area contributed by atoms with Crippen molar-refractivity contribution in [2.75, 3.05) is 13.6 Å². The van der Waals surface area contributed by atoms with E-state index in [1.807, 2.05) is 0 Å². The summed E-state index contributed by atoms with van der Waals surface area (Å²) >= 11 is 5.94. The number of rotatable bonds is 0. The van der Waals surface area contributed by atoms with Gasteiger partial charge in [-0.25, -0.2) is 0 Å². The van der Waals surface area contributed by atoms with Crippen LogP contribution in [0.2, 0.25) is 0 Å². The number of piperidine rings is 1. The van der Waals surface area contributed by atoms with E-state index in [2.05, 4.69) is 18.9 Å². The number of halogens is 1. The van der Waals surface area contributed by atoms with Gasteiger partial charge in [0.15, 0.2) is 0 Å². The van der Waals surface area contributed by atoms with Crippen molar-refractivity contribution in [3.8, 4) is 0 Å². The second kappa shape index (κ2) is 2.89. The zero-order valence-electron chi connectivity index (χ0n) is 6.10. The molecule has 1 heterocycles. The van der Waals surface area contributed by atoms with Crippen LogP contribution in [0.1, 0.15) is 19.8 Å². The molecule has 1 saturated heterocycles. The van der Waals surface area contributed by atoms with E-state index >= 15 is 0 Å². The van der Waals surface area contributed by atoms with E-state index in [1.165, 1.54) is 12.8 Å². The number of alkyl halides is 1. The van der Waals surface area contributed by atoms with E-state index in [4.69, 9.17) is 11.6 Å². The van der Waals surface area contributed by atoms with Gasteiger partial charge in [-0.2, -0.15) is 0 Å². The molecule has 1 aliphatic heterocycles. The minimum Gasteiger partial charge on any atom is -0.302 e. The summed E-state index contributed by atoms with van der Waals surface area (Å²) in [5, 5.41) is 0.395. The van der Waals surface area contributed by atoms with Crippen molar-refractivity contribution < 1.29 is 0 Å². The van der Waals surface area contributed by atoms with Gasteiger partial charge in [-0.05, 0) is 26.8 Å². The Balaban J connectivity index is 2.35. The molecule has 0 saturated carbocycles. The van der Waals surface area contributed by atoms with Crippen molar-refractivity contribution in [2.24, 2.45) is 0 Å². The molecule has 1 rings (SSSR count). The highest BCUT2D eigenvalue weighted by Crippen LogP contribution is 2.18. The lowest BCUT2D eigenvalue weighted by Gasteiger charge is -2.32. The van der Waals surface area contributed by atoms with Crippen molar-refractivity contribution in [1.82, 2.24) is 4.90 Å². The highest BCUT2D eigenvalue weighted by molar-refractivity contribution is 6.20. The Hall–Kier alpha value is 0.250. The molecule has 0 aromatic rings. The summed E-state index contributed by atoms with van der Waals surface area (Å²) in [5.41, 5.74) is 0. The minimum atomic E-state index is 0.395. The fourth-order valence-corrected chi connectivity index (χ4v) is 1.57. The summed E-state index contributed by atoms with van der Waals surface area (Å²) in [7, 11) is 2.14. The van der Waals surface area contributed by atoms with E-state index in [-0.39, 0.29) is 0 Å². The molecule has 54 valence electrons. The Labute approximate surface area is 62.0 Å². The van der Waals surface area contributed by atoms with Crippen molar-refractivity contribution in [2.45, 2.75) is 31.2 Å². The largest absolute Gasteiger partial charge is 0.302 e. The average molecular weight is 148 g/mol. The van der Waals surface area contributed by atoms with Crippen LogP contribution in [-0.4, -0.2) is 29.9 Å². The second-order valence-electron chi connectivity index (χ2n) is 2.96. The SMILES string of the molecule is CC1CCC(Cl)CN1C. The molecule has 0 N–H and O–H groups in total. The lowest BCUT2D eigenvalue weighted by atomic mass is 10.0. The molecule has 0 spiro atoms.